The van der Waals surface area contributed by atoms with Gasteiger partial charge in [0.25, 0.3) is 0 Å². The number of hydrogen-bond donors (Lipinski definition) is 1. The second kappa shape index (κ2) is 4.52. The van der Waals surface area contributed by atoms with Crippen LogP contribution in [0.2, 0.25) is 5.02 Å². The van der Waals surface area contributed by atoms with Crippen LogP contribution in [0.4, 0.5) is 5.69 Å². The van der Waals surface area contributed by atoms with Gasteiger partial charge in [0, 0.05) is 17.0 Å². The molecule has 0 aliphatic heterocycles. The first-order valence-electron chi connectivity index (χ1n) is 3.86. The minimum atomic E-state index is -0.665. The van der Waals surface area contributed by atoms with Crippen molar-refractivity contribution in [3.8, 4) is 5.75 Å². The highest BCUT2D eigenvalue weighted by atomic mass is 35.5. The highest BCUT2D eigenvalue weighted by Gasteiger charge is 2.16. The Kier molecular flexibility index (Phi) is 3.60. The van der Waals surface area contributed by atoms with Crippen molar-refractivity contribution in [3.05, 3.63) is 27.3 Å². The summed E-state index contributed by atoms with van der Waals surface area (Å²) in [4.78, 5) is 10.4. The molecule has 1 aromatic rings. The number of hydrogen-bond acceptors (Lipinski definition) is 4. The lowest BCUT2D eigenvalue weighted by molar-refractivity contribution is -0.385. The SMILES string of the molecule is CCSc1cc(O)c([N+](=O)[O-])cc1Cl. The van der Waals surface area contributed by atoms with E-state index >= 15 is 0 Å². The second-order valence-corrected chi connectivity index (χ2v) is 4.17. The molecule has 1 N–H and O–H groups in total. The zero-order chi connectivity index (χ0) is 10.7. The molecule has 0 unspecified atom stereocenters. The Morgan fingerprint density at radius 3 is 2.79 bits per heavy atom. The van der Waals surface area contributed by atoms with Gasteiger partial charge in [-0.1, -0.05) is 18.5 Å². The maximum atomic E-state index is 10.4. The fourth-order valence-electron chi connectivity index (χ4n) is 0.945. The van der Waals surface area contributed by atoms with Gasteiger partial charge in [0.2, 0.25) is 0 Å². The summed E-state index contributed by atoms with van der Waals surface area (Å²) in [6.07, 6.45) is 0. The van der Waals surface area contributed by atoms with Crippen molar-refractivity contribution in [1.29, 1.82) is 0 Å². The van der Waals surface area contributed by atoms with E-state index in [9.17, 15) is 15.2 Å². The summed E-state index contributed by atoms with van der Waals surface area (Å²) in [5, 5.41) is 20.0. The van der Waals surface area contributed by atoms with Gasteiger partial charge in [0.15, 0.2) is 5.75 Å². The second-order valence-electron chi connectivity index (χ2n) is 2.46. The molecule has 1 rings (SSSR count). The number of thioether (sulfide) groups is 1. The first-order chi connectivity index (χ1) is 6.56. The molecule has 0 aliphatic rings. The number of phenols is 1. The molecular formula is C8H8ClNO3S. The van der Waals surface area contributed by atoms with Gasteiger partial charge in [-0.3, -0.25) is 10.1 Å². The van der Waals surface area contributed by atoms with Crippen LogP contribution in [-0.4, -0.2) is 15.8 Å². The van der Waals surface area contributed by atoms with Gasteiger partial charge in [0.05, 0.1) is 9.95 Å². The van der Waals surface area contributed by atoms with Gasteiger partial charge in [-0.25, -0.2) is 0 Å². The molecule has 4 nitrogen and oxygen atoms in total. The van der Waals surface area contributed by atoms with Crippen LogP contribution in [0.25, 0.3) is 0 Å². The van der Waals surface area contributed by atoms with Crippen LogP contribution in [0.5, 0.6) is 5.75 Å². The van der Waals surface area contributed by atoms with E-state index < -0.39 is 4.92 Å². The Hall–Kier alpha value is -0.940. The molecule has 0 atom stereocenters. The molecule has 0 amide bonds. The van der Waals surface area contributed by atoms with E-state index in [1.165, 1.54) is 17.8 Å². The summed E-state index contributed by atoms with van der Waals surface area (Å²) in [5.74, 6) is 0.437. The average molecular weight is 234 g/mol. The lowest BCUT2D eigenvalue weighted by Crippen LogP contribution is -1.89. The quantitative estimate of drug-likeness (QED) is 0.495. The van der Waals surface area contributed by atoms with Gasteiger partial charge in [-0.05, 0) is 5.75 Å². The number of rotatable bonds is 3. The molecule has 0 spiro atoms. The van der Waals surface area contributed by atoms with Crippen LogP contribution >= 0.6 is 23.4 Å². The number of halogens is 1. The minimum absolute atomic E-state index is 0.293. The van der Waals surface area contributed by atoms with Crippen molar-refractivity contribution < 1.29 is 10.0 Å². The highest BCUT2D eigenvalue weighted by molar-refractivity contribution is 7.99. The van der Waals surface area contributed by atoms with E-state index in [-0.39, 0.29) is 11.4 Å². The van der Waals surface area contributed by atoms with E-state index in [1.807, 2.05) is 6.92 Å². The molecule has 0 heterocycles. The maximum Gasteiger partial charge on any atom is 0.312 e. The normalized spacial score (nSPS) is 10.1. The molecule has 76 valence electrons. The van der Waals surface area contributed by atoms with Crippen LogP contribution in [0.1, 0.15) is 6.92 Å². The molecule has 14 heavy (non-hydrogen) atoms. The number of nitrogens with zero attached hydrogens (tertiary/aromatic N) is 1. The summed E-state index contributed by atoms with van der Waals surface area (Å²) in [5.41, 5.74) is -0.365. The van der Waals surface area contributed by atoms with Crippen LogP contribution in [-0.2, 0) is 0 Å². The number of aromatic hydroxyl groups is 1. The monoisotopic (exact) mass is 233 g/mol. The minimum Gasteiger partial charge on any atom is -0.502 e. The third-order valence-corrected chi connectivity index (χ3v) is 2.89. The Labute approximate surface area is 90.0 Å². The van der Waals surface area contributed by atoms with Crippen LogP contribution in [0, 0.1) is 10.1 Å². The van der Waals surface area contributed by atoms with E-state index in [0.29, 0.717) is 9.92 Å². The molecule has 0 saturated carbocycles. The van der Waals surface area contributed by atoms with Gasteiger partial charge >= 0.3 is 5.69 Å². The van der Waals surface area contributed by atoms with Gasteiger partial charge in [-0.15, -0.1) is 11.8 Å². The van der Waals surface area contributed by atoms with Crippen molar-refractivity contribution in [1.82, 2.24) is 0 Å². The number of benzene rings is 1. The Morgan fingerprint density at radius 2 is 2.29 bits per heavy atom. The Bertz CT molecular complexity index is 370. The predicted octanol–water partition coefficient (Wildman–Crippen LogP) is 3.07. The van der Waals surface area contributed by atoms with E-state index in [4.69, 9.17) is 11.6 Å². The predicted molar refractivity (Wildman–Crippen MR) is 56.2 cm³/mol. The number of phenolic OH excluding ortho intramolecular Hbond substituents is 1. The van der Waals surface area contributed by atoms with Gasteiger partial charge < -0.3 is 5.11 Å². The Morgan fingerprint density at radius 1 is 1.64 bits per heavy atom. The van der Waals surface area contributed by atoms with Gasteiger partial charge in [0.1, 0.15) is 0 Å². The molecule has 0 aliphatic carbocycles. The smallest absolute Gasteiger partial charge is 0.312 e. The van der Waals surface area contributed by atoms with Crippen LogP contribution in [0.15, 0.2) is 17.0 Å². The zero-order valence-electron chi connectivity index (χ0n) is 7.36. The molecule has 0 aromatic heterocycles. The largest absolute Gasteiger partial charge is 0.502 e. The molecule has 0 radical (unpaired) electrons. The van der Waals surface area contributed by atoms with Crippen molar-refractivity contribution in [2.24, 2.45) is 0 Å². The summed E-state index contributed by atoms with van der Waals surface area (Å²) >= 11 is 7.21. The van der Waals surface area contributed by atoms with Crippen molar-refractivity contribution in [2.45, 2.75) is 11.8 Å². The summed E-state index contributed by atoms with van der Waals surface area (Å²) in [6.45, 7) is 1.93. The van der Waals surface area contributed by atoms with E-state index in [2.05, 4.69) is 0 Å². The summed E-state index contributed by atoms with van der Waals surface area (Å²) < 4.78 is 0. The third kappa shape index (κ3) is 2.30. The van der Waals surface area contributed by atoms with Crippen molar-refractivity contribution in [3.63, 3.8) is 0 Å². The summed E-state index contributed by atoms with van der Waals surface area (Å²) in [7, 11) is 0. The third-order valence-electron chi connectivity index (χ3n) is 1.53. The molecule has 6 heteroatoms. The fraction of sp³-hybridized carbons (Fsp3) is 0.250. The van der Waals surface area contributed by atoms with E-state index in [1.54, 1.807) is 0 Å². The van der Waals surface area contributed by atoms with Crippen molar-refractivity contribution >= 4 is 29.1 Å². The maximum absolute atomic E-state index is 10.4. The first-order valence-corrected chi connectivity index (χ1v) is 5.22. The molecule has 1 aromatic carbocycles. The molecule has 0 fully saturated rings. The zero-order valence-corrected chi connectivity index (χ0v) is 8.93. The number of nitro groups is 1. The van der Waals surface area contributed by atoms with Crippen LogP contribution < -0.4 is 0 Å². The molecule has 0 bridgehead atoms. The molecular weight excluding hydrogens is 226 g/mol. The lowest BCUT2D eigenvalue weighted by Gasteiger charge is -2.03. The number of nitro benzene ring substituents is 1. The average Bonchev–Trinajstić information content (AvgIpc) is 2.10. The standard InChI is InChI=1S/C8H8ClNO3S/c1-2-14-8-4-7(11)6(10(12)13)3-5(8)9/h3-4,11H,2H2,1H3. The van der Waals surface area contributed by atoms with Gasteiger partial charge in [-0.2, -0.15) is 0 Å². The first kappa shape index (κ1) is 11.1. The Balaban J connectivity index is 3.17. The van der Waals surface area contributed by atoms with Crippen molar-refractivity contribution in [2.75, 3.05) is 5.75 Å². The fourth-order valence-corrected chi connectivity index (χ4v) is 1.97. The highest BCUT2D eigenvalue weighted by Crippen LogP contribution is 2.36. The lowest BCUT2D eigenvalue weighted by atomic mass is 10.3. The topological polar surface area (TPSA) is 63.4 Å². The summed E-state index contributed by atoms with van der Waals surface area (Å²) in [6, 6.07) is 2.48. The van der Waals surface area contributed by atoms with E-state index in [0.717, 1.165) is 11.8 Å². The molecule has 0 saturated heterocycles. The van der Waals surface area contributed by atoms with Crippen LogP contribution in [0.3, 0.4) is 0 Å².